The van der Waals surface area contributed by atoms with Crippen molar-refractivity contribution in [2.24, 2.45) is 0 Å². The Labute approximate surface area is 75.0 Å². The van der Waals surface area contributed by atoms with Gasteiger partial charge in [0, 0.05) is 12.3 Å². The lowest BCUT2D eigenvalue weighted by Gasteiger charge is -2.01. The van der Waals surface area contributed by atoms with Gasteiger partial charge in [0.05, 0.1) is 4.92 Å². The van der Waals surface area contributed by atoms with Crippen LogP contribution in [-0.2, 0) is 0 Å². The van der Waals surface area contributed by atoms with E-state index in [9.17, 15) is 10.1 Å². The highest BCUT2D eigenvalue weighted by atomic mass is 32.2. The Hall–Kier alpha value is -0.360. The molecule has 6 heteroatoms. The maximum atomic E-state index is 9.99. The van der Waals surface area contributed by atoms with E-state index in [1.807, 2.05) is 0 Å². The lowest BCUT2D eigenvalue weighted by molar-refractivity contribution is -0.403. The van der Waals surface area contributed by atoms with Gasteiger partial charge >= 0.3 is 0 Å². The van der Waals surface area contributed by atoms with Crippen molar-refractivity contribution in [3.05, 3.63) is 21.3 Å². The summed E-state index contributed by atoms with van der Waals surface area (Å²) in [6.07, 6.45) is 2.73. The highest BCUT2D eigenvalue weighted by molar-refractivity contribution is 8.02. The number of thioether (sulfide) groups is 1. The van der Waals surface area contributed by atoms with Crippen molar-refractivity contribution in [3.63, 3.8) is 0 Å². The highest BCUT2D eigenvalue weighted by Gasteiger charge is 1.98. The van der Waals surface area contributed by atoms with E-state index in [-0.39, 0.29) is 0 Å². The molecule has 0 unspecified atom stereocenters. The molecule has 0 radical (unpaired) electrons. The van der Waals surface area contributed by atoms with Crippen molar-refractivity contribution < 1.29 is 4.92 Å². The van der Waals surface area contributed by atoms with Crippen LogP contribution in [0, 0.1) is 10.1 Å². The van der Waals surface area contributed by atoms with E-state index in [2.05, 4.69) is 17.9 Å². The molecule has 0 aromatic rings. The Bertz CT molecular complexity index is 161. The topological polar surface area (TPSA) is 55.2 Å². The first-order valence-electron chi connectivity index (χ1n) is 2.94. The zero-order chi connectivity index (χ0) is 8.69. The second-order valence-corrected chi connectivity index (χ2v) is 2.93. The van der Waals surface area contributed by atoms with Gasteiger partial charge in [0.15, 0.2) is 0 Å². The van der Waals surface area contributed by atoms with Gasteiger partial charge in [-0.05, 0) is 6.26 Å². The van der Waals surface area contributed by atoms with Gasteiger partial charge in [0.2, 0.25) is 0 Å². The molecule has 0 rings (SSSR count). The molecule has 0 heterocycles. The summed E-state index contributed by atoms with van der Waals surface area (Å²) in [4.78, 5) is 9.51. The van der Waals surface area contributed by atoms with Gasteiger partial charge in [0.25, 0.3) is 6.20 Å². The number of hydrogen-bond donors (Lipinski definition) is 2. The van der Waals surface area contributed by atoms with Gasteiger partial charge in [0.1, 0.15) is 5.03 Å². The summed E-state index contributed by atoms with van der Waals surface area (Å²) in [7, 11) is 0. The first-order chi connectivity index (χ1) is 5.20. The number of nitrogens with zero attached hydrogens (tertiary/aromatic N) is 1. The fraction of sp³-hybridized carbons (Fsp3) is 0.600. The molecule has 0 amide bonds. The van der Waals surface area contributed by atoms with E-state index in [0.717, 1.165) is 6.20 Å². The van der Waals surface area contributed by atoms with Crippen molar-refractivity contribution in [2.45, 2.75) is 0 Å². The summed E-state index contributed by atoms with van der Waals surface area (Å²) in [5.74, 6) is 0.662. The summed E-state index contributed by atoms with van der Waals surface area (Å²) in [5, 5.41) is 13.4. The Morgan fingerprint density at radius 2 is 2.55 bits per heavy atom. The smallest absolute Gasteiger partial charge is 0.263 e. The fourth-order valence-corrected chi connectivity index (χ4v) is 0.995. The van der Waals surface area contributed by atoms with Crippen molar-refractivity contribution in [1.29, 1.82) is 0 Å². The van der Waals surface area contributed by atoms with E-state index >= 15 is 0 Å². The molecular weight excluding hydrogens is 184 g/mol. The van der Waals surface area contributed by atoms with Crippen molar-refractivity contribution >= 4 is 24.4 Å². The van der Waals surface area contributed by atoms with E-state index in [1.165, 1.54) is 11.8 Å². The average molecular weight is 194 g/mol. The third kappa shape index (κ3) is 6.05. The first-order valence-corrected chi connectivity index (χ1v) is 4.80. The van der Waals surface area contributed by atoms with Crippen LogP contribution in [0.4, 0.5) is 0 Å². The van der Waals surface area contributed by atoms with Gasteiger partial charge in [-0.3, -0.25) is 10.1 Å². The second kappa shape index (κ2) is 6.36. The van der Waals surface area contributed by atoms with Crippen LogP contribution in [0.1, 0.15) is 0 Å². The molecule has 0 bridgehead atoms. The predicted octanol–water partition coefficient (Wildman–Crippen LogP) is 0.944. The highest BCUT2D eigenvalue weighted by Crippen LogP contribution is 2.06. The van der Waals surface area contributed by atoms with E-state index < -0.39 is 4.92 Å². The standard InChI is InChI=1S/C5H10N2O2S2/c1-11-5(4-7(8)9)6-2-3-10/h4,6,10H,2-3H2,1H3/b5-4-. The van der Waals surface area contributed by atoms with Crippen molar-refractivity contribution in [1.82, 2.24) is 5.32 Å². The molecule has 0 aromatic carbocycles. The molecule has 64 valence electrons. The molecular formula is C5H10N2O2S2. The maximum absolute atomic E-state index is 9.99. The van der Waals surface area contributed by atoms with Gasteiger partial charge in [-0.1, -0.05) is 0 Å². The van der Waals surface area contributed by atoms with Gasteiger partial charge in [-0.25, -0.2) is 0 Å². The summed E-state index contributed by atoms with van der Waals surface area (Å²) in [5.41, 5.74) is 0. The number of rotatable bonds is 5. The second-order valence-electron chi connectivity index (χ2n) is 1.63. The molecule has 0 aliphatic heterocycles. The average Bonchev–Trinajstić information content (AvgIpc) is 1.97. The molecule has 0 aromatic heterocycles. The Kier molecular flexibility index (Phi) is 6.15. The first kappa shape index (κ1) is 10.6. The van der Waals surface area contributed by atoms with E-state index in [4.69, 9.17) is 0 Å². The van der Waals surface area contributed by atoms with E-state index in [0.29, 0.717) is 17.3 Å². The molecule has 0 saturated carbocycles. The van der Waals surface area contributed by atoms with Gasteiger partial charge in [-0.2, -0.15) is 12.6 Å². The lowest BCUT2D eigenvalue weighted by atomic mass is 10.7. The molecule has 0 fully saturated rings. The zero-order valence-electron chi connectivity index (χ0n) is 6.11. The van der Waals surface area contributed by atoms with Crippen LogP contribution in [0.3, 0.4) is 0 Å². The van der Waals surface area contributed by atoms with Crippen molar-refractivity contribution in [2.75, 3.05) is 18.6 Å². The van der Waals surface area contributed by atoms with Crippen LogP contribution in [0.2, 0.25) is 0 Å². The minimum absolute atomic E-state index is 0.475. The lowest BCUT2D eigenvalue weighted by Crippen LogP contribution is -2.14. The quantitative estimate of drug-likeness (QED) is 0.388. The number of nitro groups is 1. The SMILES string of the molecule is CS/C(=C\[N+](=O)[O-])NCCS. The number of nitrogens with one attached hydrogen (secondary N) is 1. The minimum Gasteiger partial charge on any atom is -0.374 e. The summed E-state index contributed by atoms with van der Waals surface area (Å²) < 4.78 is 0. The van der Waals surface area contributed by atoms with Crippen molar-refractivity contribution in [3.8, 4) is 0 Å². The molecule has 4 nitrogen and oxygen atoms in total. The molecule has 0 aliphatic carbocycles. The molecule has 1 N–H and O–H groups in total. The Morgan fingerprint density at radius 3 is 2.91 bits per heavy atom. The monoisotopic (exact) mass is 194 g/mol. The summed E-state index contributed by atoms with van der Waals surface area (Å²) >= 11 is 5.27. The maximum Gasteiger partial charge on any atom is 0.263 e. The normalized spacial score (nSPS) is 11.3. The van der Waals surface area contributed by atoms with Gasteiger partial charge < -0.3 is 5.32 Å². The molecule has 0 saturated heterocycles. The molecule has 0 spiro atoms. The van der Waals surface area contributed by atoms with Gasteiger partial charge in [-0.15, -0.1) is 11.8 Å². The third-order valence-corrected chi connectivity index (χ3v) is 1.77. The van der Waals surface area contributed by atoms with Crippen LogP contribution < -0.4 is 5.32 Å². The Balaban J connectivity index is 3.84. The van der Waals surface area contributed by atoms with Crippen LogP contribution in [0.25, 0.3) is 0 Å². The van der Waals surface area contributed by atoms with Crippen LogP contribution in [0.15, 0.2) is 11.2 Å². The summed E-state index contributed by atoms with van der Waals surface area (Å²) in [6.45, 7) is 0.642. The molecule has 0 atom stereocenters. The fourth-order valence-electron chi connectivity index (χ4n) is 0.445. The minimum atomic E-state index is -0.475. The van der Waals surface area contributed by atoms with Crippen LogP contribution >= 0.6 is 24.4 Å². The number of hydrogen-bond acceptors (Lipinski definition) is 5. The van der Waals surface area contributed by atoms with Crippen LogP contribution in [0.5, 0.6) is 0 Å². The zero-order valence-corrected chi connectivity index (χ0v) is 7.82. The summed E-state index contributed by atoms with van der Waals surface area (Å²) in [6, 6.07) is 0. The molecule has 11 heavy (non-hydrogen) atoms. The largest absolute Gasteiger partial charge is 0.374 e. The molecule has 0 aliphatic rings. The predicted molar refractivity (Wildman–Crippen MR) is 50.4 cm³/mol. The Morgan fingerprint density at radius 1 is 1.91 bits per heavy atom. The van der Waals surface area contributed by atoms with Crippen LogP contribution in [-0.4, -0.2) is 23.5 Å². The van der Waals surface area contributed by atoms with E-state index in [1.54, 1.807) is 6.26 Å². The third-order valence-electron chi connectivity index (χ3n) is 0.854. The number of thiol groups is 1.